The number of rotatable bonds is 4. The van der Waals surface area contributed by atoms with Gasteiger partial charge in [0.1, 0.15) is 29.9 Å². The minimum atomic E-state index is -1.44. The number of aliphatic hydroxyl groups excluding tert-OH is 4. The fraction of sp³-hybridized carbons (Fsp3) is 0.353. The first-order valence-corrected chi connectivity index (χ1v) is 7.72. The van der Waals surface area contributed by atoms with Gasteiger partial charge in [0.25, 0.3) is 0 Å². The average Bonchev–Trinajstić information content (AvgIpc) is 2.61. The van der Waals surface area contributed by atoms with Crippen molar-refractivity contribution in [2.75, 3.05) is 11.9 Å². The number of aliphatic hydroxyl groups is 4. The number of hydrogen-bond acceptors (Lipinski definition) is 8. The fourth-order valence-electron chi connectivity index (χ4n) is 2.80. The molecule has 2 unspecified atom stereocenters. The summed E-state index contributed by atoms with van der Waals surface area (Å²) in [6.07, 6.45) is -3.84. The van der Waals surface area contributed by atoms with Gasteiger partial charge in [0.2, 0.25) is 0 Å². The zero-order chi connectivity index (χ0) is 18.1. The molecule has 25 heavy (non-hydrogen) atoms. The molecular weight excluding hydrogens is 330 g/mol. The van der Waals surface area contributed by atoms with E-state index >= 15 is 0 Å². The van der Waals surface area contributed by atoms with Crippen LogP contribution in [0.25, 0.3) is 17.0 Å². The molecule has 1 fully saturated rings. The highest BCUT2D eigenvalue weighted by Gasteiger charge is 2.43. The Kier molecular flexibility index (Phi) is 4.89. The molecule has 1 aliphatic heterocycles. The number of nitrogens with one attached hydrogen (secondary N) is 1. The Morgan fingerprint density at radius 3 is 2.64 bits per heavy atom. The SMILES string of the molecule is C=Cc1cc2ccc(NC3[C@@H](O)OC(CO)[C@H](O)[C@H]3O)cc2oc1=O. The summed E-state index contributed by atoms with van der Waals surface area (Å²) in [5.74, 6) is 0. The van der Waals surface area contributed by atoms with Gasteiger partial charge in [0.15, 0.2) is 6.29 Å². The number of ether oxygens (including phenoxy) is 1. The van der Waals surface area contributed by atoms with Crippen molar-refractivity contribution in [2.45, 2.75) is 30.6 Å². The van der Waals surface area contributed by atoms with Crippen LogP contribution < -0.4 is 10.9 Å². The molecule has 1 saturated heterocycles. The molecule has 0 aliphatic carbocycles. The molecule has 0 bridgehead atoms. The predicted molar refractivity (Wildman–Crippen MR) is 90.0 cm³/mol. The first-order valence-electron chi connectivity index (χ1n) is 7.72. The summed E-state index contributed by atoms with van der Waals surface area (Å²) in [4.78, 5) is 11.8. The predicted octanol–water partition coefficient (Wildman–Crippen LogP) is -0.352. The molecule has 8 heteroatoms. The lowest BCUT2D eigenvalue weighted by atomic mass is 9.97. The van der Waals surface area contributed by atoms with E-state index in [4.69, 9.17) is 14.3 Å². The lowest BCUT2D eigenvalue weighted by Gasteiger charge is -2.40. The van der Waals surface area contributed by atoms with Crippen molar-refractivity contribution in [3.8, 4) is 0 Å². The quantitative estimate of drug-likeness (QED) is 0.473. The second-order valence-corrected chi connectivity index (χ2v) is 5.84. The Labute approximate surface area is 142 Å². The maximum absolute atomic E-state index is 11.8. The van der Waals surface area contributed by atoms with E-state index < -0.39 is 42.9 Å². The van der Waals surface area contributed by atoms with Gasteiger partial charge in [-0.15, -0.1) is 0 Å². The van der Waals surface area contributed by atoms with Crippen molar-refractivity contribution in [1.29, 1.82) is 0 Å². The van der Waals surface area contributed by atoms with Crippen molar-refractivity contribution >= 4 is 22.7 Å². The highest BCUT2D eigenvalue weighted by Crippen LogP contribution is 2.25. The molecule has 3 rings (SSSR count). The molecular formula is C17H19NO7. The Hall–Kier alpha value is -2.23. The molecule has 0 amide bonds. The van der Waals surface area contributed by atoms with E-state index in [0.29, 0.717) is 22.2 Å². The number of anilines is 1. The summed E-state index contributed by atoms with van der Waals surface area (Å²) in [6.45, 7) is 3.01. The highest BCUT2D eigenvalue weighted by molar-refractivity contribution is 5.82. The van der Waals surface area contributed by atoms with E-state index in [2.05, 4.69) is 11.9 Å². The average molecular weight is 349 g/mol. The zero-order valence-electron chi connectivity index (χ0n) is 13.2. The fourth-order valence-corrected chi connectivity index (χ4v) is 2.80. The molecule has 134 valence electrons. The van der Waals surface area contributed by atoms with Gasteiger partial charge in [-0.3, -0.25) is 0 Å². The van der Waals surface area contributed by atoms with Gasteiger partial charge in [-0.25, -0.2) is 4.79 Å². The van der Waals surface area contributed by atoms with Gasteiger partial charge in [0.05, 0.1) is 12.2 Å². The second kappa shape index (κ2) is 6.95. The molecule has 5 N–H and O–H groups in total. The molecule has 8 nitrogen and oxygen atoms in total. The molecule has 0 spiro atoms. The van der Waals surface area contributed by atoms with Crippen LogP contribution in [0.1, 0.15) is 5.56 Å². The topological polar surface area (TPSA) is 132 Å². The summed E-state index contributed by atoms with van der Waals surface area (Å²) in [6, 6.07) is 5.51. The Bertz CT molecular complexity index is 833. The minimum absolute atomic E-state index is 0.315. The molecule has 1 aromatic carbocycles. The van der Waals surface area contributed by atoms with Crippen LogP contribution in [-0.4, -0.2) is 57.7 Å². The van der Waals surface area contributed by atoms with Crippen LogP contribution in [0.3, 0.4) is 0 Å². The zero-order valence-corrected chi connectivity index (χ0v) is 13.2. The lowest BCUT2D eigenvalue weighted by Crippen LogP contribution is -2.61. The highest BCUT2D eigenvalue weighted by atomic mass is 16.6. The Morgan fingerprint density at radius 1 is 1.20 bits per heavy atom. The number of fused-ring (bicyclic) bond motifs is 1. The van der Waals surface area contributed by atoms with E-state index in [0.717, 1.165) is 0 Å². The largest absolute Gasteiger partial charge is 0.422 e. The number of benzene rings is 1. The summed E-state index contributed by atoms with van der Waals surface area (Å²) in [5, 5.41) is 42.7. The minimum Gasteiger partial charge on any atom is -0.422 e. The Balaban J connectivity index is 1.87. The maximum Gasteiger partial charge on any atom is 0.343 e. The van der Waals surface area contributed by atoms with Crippen molar-refractivity contribution < 1.29 is 29.6 Å². The molecule has 2 aromatic rings. The molecule has 2 heterocycles. The maximum atomic E-state index is 11.8. The molecule has 1 aromatic heterocycles. The Morgan fingerprint density at radius 2 is 1.96 bits per heavy atom. The van der Waals surface area contributed by atoms with E-state index in [1.54, 1.807) is 18.2 Å². The van der Waals surface area contributed by atoms with Crippen LogP contribution in [0.5, 0.6) is 0 Å². The van der Waals surface area contributed by atoms with Crippen LogP contribution in [-0.2, 0) is 4.74 Å². The van der Waals surface area contributed by atoms with Crippen molar-refractivity contribution in [2.24, 2.45) is 0 Å². The monoisotopic (exact) mass is 349 g/mol. The van der Waals surface area contributed by atoms with Crippen LogP contribution in [0.4, 0.5) is 5.69 Å². The number of hydrogen-bond donors (Lipinski definition) is 5. The molecule has 1 aliphatic rings. The van der Waals surface area contributed by atoms with Crippen LogP contribution >= 0.6 is 0 Å². The third-order valence-corrected chi connectivity index (χ3v) is 4.22. The van der Waals surface area contributed by atoms with Gasteiger partial charge in [-0.2, -0.15) is 0 Å². The summed E-state index contributed by atoms with van der Waals surface area (Å²) in [5.41, 5.74) is 0.582. The van der Waals surface area contributed by atoms with E-state index in [1.807, 2.05) is 0 Å². The third-order valence-electron chi connectivity index (χ3n) is 4.22. The van der Waals surface area contributed by atoms with Crippen molar-refractivity contribution in [3.05, 3.63) is 46.8 Å². The van der Waals surface area contributed by atoms with E-state index in [9.17, 15) is 20.1 Å². The smallest absolute Gasteiger partial charge is 0.343 e. The lowest BCUT2D eigenvalue weighted by molar-refractivity contribution is -0.245. The van der Waals surface area contributed by atoms with Gasteiger partial charge in [0, 0.05) is 17.1 Å². The summed E-state index contributed by atoms with van der Waals surface area (Å²) < 4.78 is 10.3. The van der Waals surface area contributed by atoms with E-state index in [1.165, 1.54) is 12.1 Å². The summed E-state index contributed by atoms with van der Waals surface area (Å²) >= 11 is 0. The third kappa shape index (κ3) is 3.30. The first kappa shape index (κ1) is 17.6. The van der Waals surface area contributed by atoms with Gasteiger partial charge in [-0.1, -0.05) is 12.7 Å². The standard InChI is InChI=1S/C17H19NO7/c1-2-8-5-9-3-4-10(6-11(9)24-16(8)22)18-13-15(21)14(20)12(7-19)25-17(13)23/h2-6,12-15,17-21,23H,1,7H2/t12?,13?,14-,15-,17-/m0/s1. The van der Waals surface area contributed by atoms with Crippen LogP contribution in [0, 0.1) is 0 Å². The van der Waals surface area contributed by atoms with Gasteiger partial charge < -0.3 is 34.9 Å². The van der Waals surface area contributed by atoms with Crippen molar-refractivity contribution in [3.63, 3.8) is 0 Å². The van der Waals surface area contributed by atoms with Gasteiger partial charge >= 0.3 is 5.63 Å². The van der Waals surface area contributed by atoms with E-state index in [-0.39, 0.29) is 0 Å². The van der Waals surface area contributed by atoms with Crippen LogP contribution in [0.15, 0.2) is 40.1 Å². The van der Waals surface area contributed by atoms with Crippen LogP contribution in [0.2, 0.25) is 0 Å². The first-order chi connectivity index (χ1) is 11.9. The normalized spacial score (nSPS) is 29.5. The molecule has 0 radical (unpaired) electrons. The second-order valence-electron chi connectivity index (χ2n) is 5.84. The molecule has 5 atom stereocenters. The van der Waals surface area contributed by atoms with Crippen molar-refractivity contribution in [1.82, 2.24) is 0 Å². The molecule has 0 saturated carbocycles. The van der Waals surface area contributed by atoms with Gasteiger partial charge in [-0.05, 0) is 18.2 Å². The summed E-state index contributed by atoms with van der Waals surface area (Å²) in [7, 11) is 0.